The molecular weight excluding hydrogens is 320 g/mol. The molecule has 1 atom stereocenters. The van der Waals surface area contributed by atoms with E-state index in [0.717, 1.165) is 11.3 Å². The topological polar surface area (TPSA) is 67.9 Å². The monoisotopic (exact) mass is 338 g/mol. The molecule has 0 radical (unpaired) electrons. The van der Waals surface area contributed by atoms with E-state index in [1.807, 2.05) is 36.4 Å². The van der Waals surface area contributed by atoms with Crippen LogP contribution in [0.15, 0.2) is 48.5 Å². The molecule has 0 unspecified atom stereocenters. The van der Waals surface area contributed by atoms with Gasteiger partial charge in [0, 0.05) is 18.3 Å². The Bertz CT molecular complexity index is 806. The smallest absolute Gasteiger partial charge is 0.252 e. The summed E-state index contributed by atoms with van der Waals surface area (Å²) >= 11 is 0. The summed E-state index contributed by atoms with van der Waals surface area (Å²) in [5, 5.41) is 3.13. The SMILES string of the molecule is O=C1C[C@@H](Nc2ccc3c(c2)OCO3)C(=O)N1CCc1ccccc1. The second-order valence-electron chi connectivity index (χ2n) is 6.09. The summed E-state index contributed by atoms with van der Waals surface area (Å²) in [6.45, 7) is 0.605. The molecule has 6 heteroatoms. The van der Waals surface area contributed by atoms with E-state index in [9.17, 15) is 9.59 Å². The lowest BCUT2D eigenvalue weighted by Crippen LogP contribution is -2.36. The van der Waals surface area contributed by atoms with Crippen molar-refractivity contribution in [2.45, 2.75) is 18.9 Å². The van der Waals surface area contributed by atoms with Gasteiger partial charge < -0.3 is 14.8 Å². The van der Waals surface area contributed by atoms with E-state index in [2.05, 4.69) is 5.32 Å². The van der Waals surface area contributed by atoms with Gasteiger partial charge in [-0.25, -0.2) is 0 Å². The Morgan fingerprint density at radius 3 is 2.68 bits per heavy atom. The first-order chi connectivity index (χ1) is 12.2. The van der Waals surface area contributed by atoms with Crippen LogP contribution in [0.5, 0.6) is 11.5 Å². The van der Waals surface area contributed by atoms with Gasteiger partial charge in [0.05, 0.1) is 6.42 Å². The Hall–Kier alpha value is -3.02. The second-order valence-corrected chi connectivity index (χ2v) is 6.09. The molecule has 2 aromatic rings. The maximum atomic E-state index is 12.6. The first-order valence-electron chi connectivity index (χ1n) is 8.25. The molecule has 128 valence electrons. The van der Waals surface area contributed by atoms with Crippen molar-refractivity contribution in [3.8, 4) is 11.5 Å². The Balaban J connectivity index is 1.40. The standard InChI is InChI=1S/C19H18N2O4/c22-18-11-15(20-14-6-7-16-17(10-14)25-12-24-16)19(23)21(18)9-8-13-4-2-1-3-5-13/h1-7,10,15,20H,8-9,11-12H2/t15-/m1/s1. The summed E-state index contributed by atoms with van der Waals surface area (Å²) in [4.78, 5) is 26.1. The quantitative estimate of drug-likeness (QED) is 0.847. The lowest BCUT2D eigenvalue weighted by molar-refractivity contribution is -0.138. The fraction of sp³-hybridized carbons (Fsp3) is 0.263. The minimum atomic E-state index is -0.538. The number of rotatable bonds is 5. The highest BCUT2D eigenvalue weighted by Crippen LogP contribution is 2.34. The van der Waals surface area contributed by atoms with Crippen molar-refractivity contribution >= 4 is 17.5 Å². The number of hydrogen-bond acceptors (Lipinski definition) is 5. The molecule has 2 heterocycles. The van der Waals surface area contributed by atoms with Gasteiger partial charge in [0.1, 0.15) is 6.04 Å². The van der Waals surface area contributed by atoms with Gasteiger partial charge in [0.15, 0.2) is 11.5 Å². The molecule has 2 amide bonds. The number of nitrogens with zero attached hydrogens (tertiary/aromatic N) is 1. The maximum Gasteiger partial charge on any atom is 0.252 e. The van der Waals surface area contributed by atoms with Crippen molar-refractivity contribution in [1.82, 2.24) is 4.90 Å². The third kappa shape index (κ3) is 3.15. The molecule has 0 saturated carbocycles. The van der Waals surface area contributed by atoms with Gasteiger partial charge in [0.25, 0.3) is 5.91 Å². The van der Waals surface area contributed by atoms with Crippen molar-refractivity contribution < 1.29 is 19.1 Å². The molecule has 4 rings (SSSR count). The lowest BCUT2D eigenvalue weighted by atomic mass is 10.1. The summed E-state index contributed by atoms with van der Waals surface area (Å²) in [6.07, 6.45) is 0.830. The zero-order chi connectivity index (χ0) is 17.2. The molecule has 25 heavy (non-hydrogen) atoms. The molecule has 0 bridgehead atoms. The summed E-state index contributed by atoms with van der Waals surface area (Å²) in [6, 6.07) is 14.7. The summed E-state index contributed by atoms with van der Waals surface area (Å²) in [5.74, 6) is 1.00. The molecule has 1 saturated heterocycles. The number of amides is 2. The Morgan fingerprint density at radius 2 is 1.84 bits per heavy atom. The molecule has 1 N–H and O–H groups in total. The van der Waals surface area contributed by atoms with E-state index in [4.69, 9.17) is 9.47 Å². The molecule has 0 spiro atoms. The normalized spacial score (nSPS) is 18.7. The molecule has 0 aromatic heterocycles. The predicted octanol–water partition coefficient (Wildman–Crippen LogP) is 2.20. The van der Waals surface area contributed by atoms with Crippen LogP contribution < -0.4 is 14.8 Å². The first kappa shape index (κ1) is 15.5. The zero-order valence-electron chi connectivity index (χ0n) is 13.6. The average molecular weight is 338 g/mol. The van der Waals surface area contributed by atoms with Gasteiger partial charge >= 0.3 is 0 Å². The largest absolute Gasteiger partial charge is 0.454 e. The number of carbonyl (C=O) groups excluding carboxylic acids is 2. The number of nitrogens with one attached hydrogen (secondary N) is 1. The van der Waals surface area contributed by atoms with E-state index in [0.29, 0.717) is 24.5 Å². The van der Waals surface area contributed by atoms with Gasteiger partial charge in [-0.3, -0.25) is 14.5 Å². The number of anilines is 1. The van der Waals surface area contributed by atoms with Crippen molar-refractivity contribution in [1.29, 1.82) is 0 Å². The molecule has 2 aromatic carbocycles. The Kier molecular flexibility index (Phi) is 4.01. The van der Waals surface area contributed by atoms with Crippen LogP contribution in [0.25, 0.3) is 0 Å². The van der Waals surface area contributed by atoms with Crippen LogP contribution in [0.2, 0.25) is 0 Å². The number of hydrogen-bond donors (Lipinski definition) is 1. The minimum absolute atomic E-state index is 0.140. The average Bonchev–Trinajstić information content (AvgIpc) is 3.19. The van der Waals surface area contributed by atoms with Gasteiger partial charge in [-0.05, 0) is 24.1 Å². The summed E-state index contributed by atoms with van der Waals surface area (Å²) in [5.41, 5.74) is 1.84. The van der Waals surface area contributed by atoms with Crippen LogP contribution in [0.1, 0.15) is 12.0 Å². The third-order valence-corrected chi connectivity index (χ3v) is 4.42. The Morgan fingerprint density at radius 1 is 1.04 bits per heavy atom. The van der Waals surface area contributed by atoms with Gasteiger partial charge in [-0.15, -0.1) is 0 Å². The third-order valence-electron chi connectivity index (χ3n) is 4.42. The highest BCUT2D eigenvalue weighted by atomic mass is 16.7. The molecule has 6 nitrogen and oxygen atoms in total. The number of benzene rings is 2. The van der Waals surface area contributed by atoms with E-state index < -0.39 is 6.04 Å². The van der Waals surface area contributed by atoms with Gasteiger partial charge in [-0.2, -0.15) is 0 Å². The number of likely N-dealkylation sites (tertiary alicyclic amines) is 1. The number of carbonyl (C=O) groups is 2. The van der Waals surface area contributed by atoms with Crippen LogP contribution in [-0.2, 0) is 16.0 Å². The van der Waals surface area contributed by atoms with Crippen LogP contribution in [0, 0.1) is 0 Å². The molecule has 1 fully saturated rings. The van der Waals surface area contributed by atoms with E-state index in [1.165, 1.54) is 4.90 Å². The van der Waals surface area contributed by atoms with Crippen LogP contribution in [-0.4, -0.2) is 36.1 Å². The van der Waals surface area contributed by atoms with Crippen LogP contribution in [0.3, 0.4) is 0 Å². The molecule has 2 aliphatic heterocycles. The van der Waals surface area contributed by atoms with Gasteiger partial charge in [-0.1, -0.05) is 30.3 Å². The minimum Gasteiger partial charge on any atom is -0.454 e. The summed E-state index contributed by atoms with van der Waals surface area (Å²) in [7, 11) is 0. The lowest BCUT2D eigenvalue weighted by Gasteiger charge is -2.16. The first-order valence-corrected chi connectivity index (χ1v) is 8.25. The molecule has 2 aliphatic rings. The fourth-order valence-corrected chi connectivity index (χ4v) is 3.10. The van der Waals surface area contributed by atoms with Crippen molar-refractivity contribution in [2.75, 3.05) is 18.7 Å². The van der Waals surface area contributed by atoms with Crippen molar-refractivity contribution in [3.63, 3.8) is 0 Å². The second kappa shape index (κ2) is 6.47. The molecule has 0 aliphatic carbocycles. The van der Waals surface area contributed by atoms with Crippen LogP contribution in [0.4, 0.5) is 5.69 Å². The number of ether oxygens (including phenoxy) is 2. The number of imide groups is 1. The highest BCUT2D eigenvalue weighted by molar-refractivity contribution is 6.06. The zero-order valence-corrected chi connectivity index (χ0v) is 13.6. The fourth-order valence-electron chi connectivity index (χ4n) is 3.10. The number of fused-ring (bicyclic) bond motifs is 1. The van der Waals surface area contributed by atoms with E-state index in [1.54, 1.807) is 12.1 Å². The van der Waals surface area contributed by atoms with Gasteiger partial charge in [0.2, 0.25) is 12.7 Å². The van der Waals surface area contributed by atoms with Crippen LogP contribution >= 0.6 is 0 Å². The highest BCUT2D eigenvalue weighted by Gasteiger charge is 2.38. The maximum absolute atomic E-state index is 12.6. The van der Waals surface area contributed by atoms with Crippen molar-refractivity contribution in [3.05, 3.63) is 54.1 Å². The van der Waals surface area contributed by atoms with E-state index in [-0.39, 0.29) is 25.0 Å². The van der Waals surface area contributed by atoms with E-state index >= 15 is 0 Å². The van der Waals surface area contributed by atoms with Crippen molar-refractivity contribution in [2.24, 2.45) is 0 Å². The molecular formula is C19H18N2O4. The Labute approximate surface area is 145 Å². The predicted molar refractivity (Wildman–Crippen MR) is 91.5 cm³/mol. The summed E-state index contributed by atoms with van der Waals surface area (Å²) < 4.78 is 10.6.